The molecule has 29 heavy (non-hydrogen) atoms. The highest BCUT2D eigenvalue weighted by molar-refractivity contribution is 6.24. The van der Waals surface area contributed by atoms with E-state index in [0.717, 1.165) is 27.8 Å². The molecule has 1 spiro atoms. The number of amides is 1. The van der Waals surface area contributed by atoms with E-state index in [-0.39, 0.29) is 5.91 Å². The van der Waals surface area contributed by atoms with Gasteiger partial charge in [0.1, 0.15) is 6.10 Å². The van der Waals surface area contributed by atoms with Crippen molar-refractivity contribution < 1.29 is 24.3 Å². The van der Waals surface area contributed by atoms with E-state index in [4.69, 9.17) is 9.57 Å². The summed E-state index contributed by atoms with van der Waals surface area (Å²) >= 11 is 0. The summed E-state index contributed by atoms with van der Waals surface area (Å²) in [6.07, 6.45) is -0.767. The van der Waals surface area contributed by atoms with Gasteiger partial charge in [0.05, 0.1) is 18.2 Å². The lowest BCUT2D eigenvalue weighted by atomic mass is 9.77. The number of ether oxygens (including phenoxy) is 1. The van der Waals surface area contributed by atoms with Crippen LogP contribution in [0, 0.1) is 20.8 Å². The number of carbonyl (C=O) groups excluding carboxylic acids is 1. The average molecular weight is 402 g/mol. The van der Waals surface area contributed by atoms with Crippen molar-refractivity contribution in [3.63, 3.8) is 0 Å². The van der Waals surface area contributed by atoms with E-state index in [0.29, 0.717) is 31.5 Å². The Morgan fingerprint density at radius 3 is 2.21 bits per heavy atom. The third-order valence-corrected chi connectivity index (χ3v) is 6.35. The number of piperidine rings is 1. The van der Waals surface area contributed by atoms with Crippen molar-refractivity contribution in [2.45, 2.75) is 52.2 Å². The molecule has 2 aliphatic rings. The Kier molecular flexibility index (Phi) is 5.74. The minimum atomic E-state index is -1.34. The standard InChI is InChI=1S/C22H30N2O5/c1-13-11-14(2)17(15(3)12-13)18-19(16(4)29-21(26)27)22(23(5)20(18)25)7-9-24(28-6)10-8-22/h11-12,16H,7-10H2,1-6H3,(H,26,27). The van der Waals surface area contributed by atoms with Crippen molar-refractivity contribution in [1.82, 2.24) is 9.96 Å². The Labute approximate surface area is 171 Å². The van der Waals surface area contributed by atoms with Crippen LogP contribution in [0.3, 0.4) is 0 Å². The Morgan fingerprint density at radius 1 is 1.17 bits per heavy atom. The zero-order chi connectivity index (χ0) is 21.5. The molecular weight excluding hydrogens is 372 g/mol. The fourth-order valence-electron chi connectivity index (χ4n) is 5.14. The molecule has 0 bridgehead atoms. The molecule has 1 aromatic carbocycles. The van der Waals surface area contributed by atoms with Gasteiger partial charge in [0.15, 0.2) is 0 Å². The molecule has 1 N–H and O–H groups in total. The summed E-state index contributed by atoms with van der Waals surface area (Å²) in [5.41, 5.74) is 4.79. The SMILES string of the molecule is CON1CCC2(CC1)C(C(C)OC(=O)O)=C(c1c(C)cc(C)cc1C)C(=O)N2C. The van der Waals surface area contributed by atoms with Gasteiger partial charge in [0.2, 0.25) is 0 Å². The quantitative estimate of drug-likeness (QED) is 0.779. The second-order valence-corrected chi connectivity index (χ2v) is 8.10. The molecule has 0 aromatic heterocycles. The molecular formula is C22H30N2O5. The lowest BCUT2D eigenvalue weighted by Gasteiger charge is -2.45. The van der Waals surface area contributed by atoms with Gasteiger partial charge in [-0.15, -0.1) is 0 Å². The molecule has 3 rings (SSSR count). The van der Waals surface area contributed by atoms with Crippen LogP contribution in [0.4, 0.5) is 4.79 Å². The zero-order valence-electron chi connectivity index (χ0n) is 18.0. The van der Waals surface area contributed by atoms with Crippen molar-refractivity contribution in [2.24, 2.45) is 0 Å². The molecule has 0 aliphatic carbocycles. The predicted octanol–water partition coefficient (Wildman–Crippen LogP) is 3.32. The van der Waals surface area contributed by atoms with Crippen molar-refractivity contribution in [3.8, 4) is 0 Å². The van der Waals surface area contributed by atoms with E-state index >= 15 is 0 Å². The molecule has 0 radical (unpaired) electrons. The second-order valence-electron chi connectivity index (χ2n) is 8.10. The largest absolute Gasteiger partial charge is 0.506 e. The summed E-state index contributed by atoms with van der Waals surface area (Å²) in [6, 6.07) is 4.11. The minimum absolute atomic E-state index is 0.0817. The van der Waals surface area contributed by atoms with Gasteiger partial charge < -0.3 is 19.6 Å². The Balaban J connectivity index is 2.24. The fourth-order valence-corrected chi connectivity index (χ4v) is 5.14. The molecule has 1 aromatic rings. The first-order chi connectivity index (χ1) is 13.6. The Morgan fingerprint density at radius 2 is 1.72 bits per heavy atom. The summed E-state index contributed by atoms with van der Waals surface area (Å²) in [4.78, 5) is 32.0. The Bertz CT molecular complexity index is 845. The van der Waals surface area contributed by atoms with Crippen LogP contribution in [0.1, 0.15) is 42.0 Å². The first-order valence-electron chi connectivity index (χ1n) is 9.92. The highest BCUT2D eigenvalue weighted by atomic mass is 16.7. The maximum atomic E-state index is 13.5. The summed E-state index contributed by atoms with van der Waals surface area (Å²) in [5, 5.41) is 11.1. The number of rotatable bonds is 4. The van der Waals surface area contributed by atoms with Crippen molar-refractivity contribution in [1.29, 1.82) is 0 Å². The molecule has 1 saturated heterocycles. The average Bonchev–Trinajstić information content (AvgIpc) is 2.83. The van der Waals surface area contributed by atoms with Crippen LogP contribution in [-0.2, 0) is 14.4 Å². The van der Waals surface area contributed by atoms with Crippen LogP contribution < -0.4 is 0 Å². The molecule has 158 valence electrons. The first kappa shape index (κ1) is 21.3. The van der Waals surface area contributed by atoms with E-state index in [1.54, 1.807) is 18.9 Å². The van der Waals surface area contributed by atoms with E-state index < -0.39 is 17.8 Å². The van der Waals surface area contributed by atoms with E-state index in [9.17, 15) is 14.7 Å². The number of carbonyl (C=O) groups is 2. The highest BCUT2D eigenvalue weighted by Crippen LogP contribution is 2.48. The van der Waals surface area contributed by atoms with Gasteiger partial charge in [0, 0.05) is 25.7 Å². The first-order valence-corrected chi connectivity index (χ1v) is 9.92. The summed E-state index contributed by atoms with van der Waals surface area (Å²) in [6.45, 7) is 9.04. The molecule has 0 saturated carbocycles. The number of benzene rings is 1. The molecule has 7 heteroatoms. The fraction of sp³-hybridized carbons (Fsp3) is 0.545. The maximum absolute atomic E-state index is 13.5. The zero-order valence-corrected chi connectivity index (χ0v) is 18.0. The molecule has 7 nitrogen and oxygen atoms in total. The van der Waals surface area contributed by atoms with Gasteiger partial charge in [-0.05, 0) is 57.2 Å². The molecule has 2 heterocycles. The lowest BCUT2D eigenvalue weighted by molar-refractivity contribution is -0.160. The third kappa shape index (κ3) is 3.53. The number of carboxylic acid groups (broad SMARTS) is 1. The predicted molar refractivity (Wildman–Crippen MR) is 109 cm³/mol. The number of likely N-dealkylation sites (N-methyl/N-ethyl adjacent to an activating group) is 1. The Hall–Kier alpha value is -2.38. The smallest absolute Gasteiger partial charge is 0.450 e. The van der Waals surface area contributed by atoms with Gasteiger partial charge in [-0.2, -0.15) is 5.06 Å². The van der Waals surface area contributed by atoms with Crippen LogP contribution in [-0.4, -0.2) is 66.0 Å². The molecule has 1 unspecified atom stereocenters. The van der Waals surface area contributed by atoms with Gasteiger partial charge in [0.25, 0.3) is 5.91 Å². The summed E-state index contributed by atoms with van der Waals surface area (Å²) in [5.74, 6) is -0.0817. The van der Waals surface area contributed by atoms with Crippen LogP contribution in [0.2, 0.25) is 0 Å². The van der Waals surface area contributed by atoms with Gasteiger partial charge in [-0.25, -0.2) is 4.79 Å². The summed E-state index contributed by atoms with van der Waals surface area (Å²) in [7, 11) is 3.45. The van der Waals surface area contributed by atoms with Gasteiger partial charge in [-0.1, -0.05) is 17.7 Å². The topological polar surface area (TPSA) is 79.3 Å². The monoisotopic (exact) mass is 402 g/mol. The third-order valence-electron chi connectivity index (χ3n) is 6.35. The van der Waals surface area contributed by atoms with E-state index in [1.807, 2.05) is 32.9 Å². The highest BCUT2D eigenvalue weighted by Gasteiger charge is 2.53. The summed E-state index contributed by atoms with van der Waals surface area (Å²) < 4.78 is 5.20. The van der Waals surface area contributed by atoms with Crippen LogP contribution in [0.25, 0.3) is 5.57 Å². The number of aryl methyl sites for hydroxylation is 3. The van der Waals surface area contributed by atoms with Crippen molar-refractivity contribution >= 4 is 17.6 Å². The van der Waals surface area contributed by atoms with Gasteiger partial charge in [-0.3, -0.25) is 4.79 Å². The van der Waals surface area contributed by atoms with E-state index in [2.05, 4.69) is 12.1 Å². The minimum Gasteiger partial charge on any atom is -0.450 e. The number of hydrogen-bond acceptors (Lipinski definition) is 5. The molecule has 1 fully saturated rings. The van der Waals surface area contributed by atoms with Crippen LogP contribution in [0.15, 0.2) is 17.7 Å². The van der Waals surface area contributed by atoms with Crippen LogP contribution >= 0.6 is 0 Å². The van der Waals surface area contributed by atoms with Crippen LogP contribution in [0.5, 0.6) is 0 Å². The molecule has 1 atom stereocenters. The maximum Gasteiger partial charge on any atom is 0.506 e. The van der Waals surface area contributed by atoms with Crippen molar-refractivity contribution in [3.05, 3.63) is 40.0 Å². The number of nitrogens with zero attached hydrogens (tertiary/aromatic N) is 2. The molecule has 2 aliphatic heterocycles. The van der Waals surface area contributed by atoms with E-state index in [1.165, 1.54) is 0 Å². The lowest BCUT2D eigenvalue weighted by Crippen LogP contribution is -2.54. The van der Waals surface area contributed by atoms with Gasteiger partial charge >= 0.3 is 6.16 Å². The normalized spacial score (nSPS) is 20.5. The molecule has 1 amide bonds. The second kappa shape index (κ2) is 7.80. The number of hydrogen-bond donors (Lipinski definition) is 1. The number of hydroxylamine groups is 2. The van der Waals surface area contributed by atoms with Crippen molar-refractivity contribution in [2.75, 3.05) is 27.2 Å².